The maximum Gasteiger partial charge on any atom is 0.292 e. The Morgan fingerprint density at radius 2 is 1.76 bits per heavy atom. The summed E-state index contributed by atoms with van der Waals surface area (Å²) in [5.74, 6) is 0.181. The molecule has 0 fully saturated rings. The van der Waals surface area contributed by atoms with E-state index < -0.39 is 4.92 Å². The average molecular weight is 411 g/mol. The number of anilines is 1. The second-order valence-electron chi connectivity index (χ2n) is 7.08. The zero-order valence-electron chi connectivity index (χ0n) is 16.4. The third-order valence-corrected chi connectivity index (χ3v) is 5.68. The average Bonchev–Trinajstić information content (AvgIpc) is 3.23. The molecule has 1 atom stereocenters. The quantitative estimate of drug-likeness (QED) is 0.433. The minimum Gasteiger partial charge on any atom is -0.328 e. The van der Waals surface area contributed by atoms with Crippen molar-refractivity contribution < 1.29 is 15.0 Å². The number of carbonyl (C=O) groups excluding carboxylic acids is 1. The van der Waals surface area contributed by atoms with Crippen molar-refractivity contribution in [1.82, 2.24) is 0 Å². The lowest BCUT2D eigenvalue weighted by atomic mass is 9.98. The summed E-state index contributed by atoms with van der Waals surface area (Å²) >= 11 is 1.65. The minimum atomic E-state index is -0.496. The number of hydrogen-bond acceptors (Lipinski definition) is 4. The van der Waals surface area contributed by atoms with E-state index in [2.05, 4.69) is 49.5 Å². The maximum absolute atomic E-state index is 12.5. The predicted molar refractivity (Wildman–Crippen MR) is 115 cm³/mol. The van der Waals surface area contributed by atoms with E-state index in [1.54, 1.807) is 23.5 Å². The second-order valence-corrected chi connectivity index (χ2v) is 8.06. The first-order valence-electron chi connectivity index (χ1n) is 9.45. The largest absolute Gasteiger partial charge is 0.328 e. The third-order valence-electron chi connectivity index (χ3n) is 4.73. The summed E-state index contributed by atoms with van der Waals surface area (Å²) in [6.45, 7) is 4.47. The van der Waals surface area contributed by atoms with Crippen molar-refractivity contribution in [2.45, 2.75) is 25.8 Å². The van der Waals surface area contributed by atoms with Crippen molar-refractivity contribution in [3.8, 4) is 0 Å². The molecule has 29 heavy (non-hydrogen) atoms. The Morgan fingerprint density at radius 1 is 1.07 bits per heavy atom. The molecule has 0 aliphatic heterocycles. The first kappa shape index (κ1) is 20.7. The van der Waals surface area contributed by atoms with Crippen molar-refractivity contribution >= 4 is 28.6 Å². The molecule has 0 radical (unpaired) electrons. The van der Waals surface area contributed by atoms with Crippen LogP contribution >= 0.6 is 11.3 Å². The van der Waals surface area contributed by atoms with Crippen LogP contribution < -0.4 is 10.6 Å². The third kappa shape index (κ3) is 5.28. The van der Waals surface area contributed by atoms with Gasteiger partial charge in [0.25, 0.3) is 11.6 Å². The molecule has 2 aromatic carbocycles. The molecule has 7 heteroatoms. The van der Waals surface area contributed by atoms with Crippen LogP contribution in [0, 0.1) is 10.1 Å². The predicted octanol–water partition coefficient (Wildman–Crippen LogP) is 4.07. The Kier molecular flexibility index (Phi) is 6.74. The van der Waals surface area contributed by atoms with Gasteiger partial charge in [-0.05, 0) is 29.0 Å². The summed E-state index contributed by atoms with van der Waals surface area (Å²) in [7, 11) is 0. The number of nitrogens with zero attached hydrogens (tertiary/aromatic N) is 1. The molecule has 0 aliphatic rings. The van der Waals surface area contributed by atoms with Gasteiger partial charge in [-0.3, -0.25) is 14.9 Å². The van der Waals surface area contributed by atoms with Crippen LogP contribution in [-0.2, 0) is 4.79 Å². The topological polar surface area (TPSA) is 88.8 Å². The van der Waals surface area contributed by atoms with Crippen molar-refractivity contribution in [3.05, 3.63) is 92.2 Å². The maximum atomic E-state index is 12.5. The van der Waals surface area contributed by atoms with E-state index in [-0.39, 0.29) is 29.9 Å². The fourth-order valence-corrected chi connectivity index (χ4v) is 3.99. The Labute approximate surface area is 173 Å². The number of amides is 1. The smallest absolute Gasteiger partial charge is 0.292 e. The molecule has 1 aromatic heterocycles. The number of nitro benzene ring substituents is 1. The van der Waals surface area contributed by atoms with Gasteiger partial charge in [0, 0.05) is 11.6 Å². The Balaban J connectivity index is 1.72. The summed E-state index contributed by atoms with van der Waals surface area (Å²) in [6, 6.07) is 18.7. The van der Waals surface area contributed by atoms with Gasteiger partial charge in [-0.25, -0.2) is 0 Å². The number of thiophene rings is 1. The normalized spacial score (nSPS) is 12.0. The summed E-state index contributed by atoms with van der Waals surface area (Å²) in [4.78, 5) is 24.3. The molecular weight excluding hydrogens is 386 g/mol. The summed E-state index contributed by atoms with van der Waals surface area (Å²) in [5, 5.41) is 17.8. The molecule has 0 aliphatic carbocycles. The molecule has 6 nitrogen and oxygen atoms in total. The van der Waals surface area contributed by atoms with Crippen molar-refractivity contribution in [3.63, 3.8) is 0 Å². The van der Waals surface area contributed by atoms with Crippen molar-refractivity contribution in [2.24, 2.45) is 0 Å². The number of rotatable bonds is 8. The Bertz CT molecular complexity index is 969. The van der Waals surface area contributed by atoms with Gasteiger partial charge in [-0.2, -0.15) is 0 Å². The van der Waals surface area contributed by atoms with Crippen LogP contribution in [0.2, 0.25) is 0 Å². The SMILES string of the molecule is CC(C)c1ccc([C@H]([NH2+]CC(=O)Nc2ccccc2[N+](=O)[O-])c2cccs2)cc1. The van der Waals surface area contributed by atoms with Gasteiger partial charge in [-0.1, -0.05) is 56.3 Å². The number of benzene rings is 2. The number of hydrogen-bond donors (Lipinski definition) is 2. The highest BCUT2D eigenvalue weighted by atomic mass is 32.1. The van der Waals surface area contributed by atoms with Gasteiger partial charge < -0.3 is 10.6 Å². The Hall–Kier alpha value is -3.03. The van der Waals surface area contributed by atoms with E-state index in [1.807, 2.05) is 16.8 Å². The van der Waals surface area contributed by atoms with Gasteiger partial charge in [0.1, 0.15) is 11.7 Å². The zero-order chi connectivity index (χ0) is 20.8. The lowest BCUT2D eigenvalue weighted by molar-refractivity contribution is -0.675. The van der Waals surface area contributed by atoms with Crippen LogP contribution in [0.15, 0.2) is 66.0 Å². The summed E-state index contributed by atoms with van der Waals surface area (Å²) in [6.07, 6.45) is 0. The van der Waals surface area contributed by atoms with Crippen LogP contribution in [0.3, 0.4) is 0 Å². The standard InChI is InChI=1S/C22H23N3O3S/c1-15(2)16-9-11-17(12-10-16)22(20-8-5-13-29-20)23-14-21(26)24-18-6-3-4-7-19(18)25(27)28/h3-13,15,22-23H,14H2,1-2H3,(H,24,26)/p+1/t22-/m0/s1. The van der Waals surface area contributed by atoms with Gasteiger partial charge >= 0.3 is 0 Å². The lowest BCUT2D eigenvalue weighted by Crippen LogP contribution is -2.87. The minimum absolute atomic E-state index is 0.00674. The molecule has 0 bridgehead atoms. The number of nitro groups is 1. The van der Waals surface area contributed by atoms with Crippen molar-refractivity contribution in [2.75, 3.05) is 11.9 Å². The Morgan fingerprint density at radius 3 is 2.38 bits per heavy atom. The highest BCUT2D eigenvalue weighted by molar-refractivity contribution is 7.10. The molecule has 0 saturated heterocycles. The van der Waals surface area contributed by atoms with Gasteiger partial charge in [0.15, 0.2) is 6.54 Å². The molecular formula is C22H24N3O3S+. The number of carbonyl (C=O) groups is 1. The van der Waals surface area contributed by atoms with Crippen LogP contribution in [0.25, 0.3) is 0 Å². The number of para-hydroxylation sites is 2. The number of nitrogens with one attached hydrogen (secondary N) is 1. The summed E-state index contributed by atoms with van der Waals surface area (Å²) < 4.78 is 0. The van der Waals surface area contributed by atoms with E-state index >= 15 is 0 Å². The lowest BCUT2D eigenvalue weighted by Gasteiger charge is -2.16. The molecule has 0 unspecified atom stereocenters. The molecule has 150 valence electrons. The number of quaternary nitrogens is 1. The van der Waals surface area contributed by atoms with Crippen LogP contribution in [-0.4, -0.2) is 17.4 Å². The van der Waals surface area contributed by atoms with Crippen LogP contribution in [0.5, 0.6) is 0 Å². The monoisotopic (exact) mass is 410 g/mol. The van der Waals surface area contributed by atoms with Crippen molar-refractivity contribution in [1.29, 1.82) is 0 Å². The van der Waals surface area contributed by atoms with Crippen LogP contribution in [0.1, 0.15) is 41.8 Å². The van der Waals surface area contributed by atoms with Crippen LogP contribution in [0.4, 0.5) is 11.4 Å². The van der Waals surface area contributed by atoms with Gasteiger partial charge in [0.2, 0.25) is 0 Å². The van der Waals surface area contributed by atoms with E-state index in [9.17, 15) is 14.9 Å². The molecule has 3 N–H and O–H groups in total. The first-order chi connectivity index (χ1) is 14.0. The molecule has 1 heterocycles. The first-order valence-corrected chi connectivity index (χ1v) is 10.3. The van der Waals surface area contributed by atoms with E-state index in [0.717, 1.165) is 10.4 Å². The molecule has 1 amide bonds. The van der Waals surface area contributed by atoms with E-state index in [1.165, 1.54) is 17.7 Å². The highest BCUT2D eigenvalue weighted by Crippen LogP contribution is 2.25. The van der Waals surface area contributed by atoms with E-state index in [0.29, 0.717) is 5.92 Å². The zero-order valence-corrected chi connectivity index (χ0v) is 17.2. The fraction of sp³-hybridized carbons (Fsp3) is 0.227. The second kappa shape index (κ2) is 9.45. The molecule has 3 aromatic rings. The summed E-state index contributed by atoms with van der Waals surface area (Å²) in [5.41, 5.74) is 2.49. The van der Waals surface area contributed by atoms with Gasteiger partial charge in [-0.15, -0.1) is 11.3 Å². The molecule has 0 spiro atoms. The molecule has 3 rings (SSSR count). The highest BCUT2D eigenvalue weighted by Gasteiger charge is 2.21. The number of nitrogens with two attached hydrogens (primary N) is 1. The van der Waals surface area contributed by atoms with E-state index in [4.69, 9.17) is 0 Å². The van der Waals surface area contributed by atoms with Gasteiger partial charge in [0.05, 0.1) is 9.80 Å². The molecule has 0 saturated carbocycles. The fourth-order valence-electron chi connectivity index (χ4n) is 3.14.